The molecule has 1 unspecified atom stereocenters. The number of hydrogen-bond acceptors (Lipinski definition) is 5. The Morgan fingerprint density at radius 2 is 2.00 bits per heavy atom. The van der Waals surface area contributed by atoms with E-state index in [9.17, 15) is 13.2 Å². The SMILES string of the molecule is CCOc1ccc(C2CCCN2S(=O)(=O)c2ccc3oc(=O)[nH]c3c2)cc1. The van der Waals surface area contributed by atoms with Crippen molar-refractivity contribution in [3.05, 3.63) is 58.6 Å². The van der Waals surface area contributed by atoms with Crippen molar-refractivity contribution < 1.29 is 17.6 Å². The average Bonchev–Trinajstić information content (AvgIpc) is 3.28. The summed E-state index contributed by atoms with van der Waals surface area (Å²) in [6.45, 7) is 2.96. The number of fused-ring (bicyclic) bond motifs is 1. The molecule has 1 saturated heterocycles. The van der Waals surface area contributed by atoms with Gasteiger partial charge in [0, 0.05) is 6.54 Å². The zero-order valence-electron chi connectivity index (χ0n) is 14.8. The predicted octanol–water partition coefficient (Wildman–Crippen LogP) is 3.05. The second-order valence-electron chi connectivity index (χ2n) is 6.45. The van der Waals surface area contributed by atoms with Crippen molar-refractivity contribution in [1.82, 2.24) is 9.29 Å². The molecule has 0 aliphatic carbocycles. The van der Waals surface area contributed by atoms with Gasteiger partial charge in [-0.05, 0) is 55.7 Å². The van der Waals surface area contributed by atoms with Crippen LogP contribution in [-0.2, 0) is 10.0 Å². The van der Waals surface area contributed by atoms with Crippen LogP contribution in [0.4, 0.5) is 0 Å². The fourth-order valence-corrected chi connectivity index (χ4v) is 5.25. The molecular weight excluding hydrogens is 368 g/mol. The molecule has 0 radical (unpaired) electrons. The normalized spacial score (nSPS) is 18.2. The molecule has 1 aliphatic rings. The maximum atomic E-state index is 13.2. The van der Waals surface area contributed by atoms with Crippen molar-refractivity contribution in [2.45, 2.75) is 30.7 Å². The number of hydrogen-bond donors (Lipinski definition) is 1. The lowest BCUT2D eigenvalue weighted by molar-refractivity contribution is 0.339. The Morgan fingerprint density at radius 3 is 2.74 bits per heavy atom. The largest absolute Gasteiger partial charge is 0.494 e. The molecule has 0 spiro atoms. The van der Waals surface area contributed by atoms with Crippen LogP contribution in [-0.4, -0.2) is 30.9 Å². The molecule has 7 nitrogen and oxygen atoms in total. The molecule has 3 aromatic rings. The first-order valence-corrected chi connectivity index (χ1v) is 10.3. The number of nitrogens with zero attached hydrogens (tertiary/aromatic N) is 1. The maximum absolute atomic E-state index is 13.2. The Morgan fingerprint density at radius 1 is 1.22 bits per heavy atom. The van der Waals surface area contributed by atoms with E-state index in [1.165, 1.54) is 22.5 Å². The molecule has 8 heteroatoms. The molecule has 1 aliphatic heterocycles. The number of aromatic amines is 1. The van der Waals surface area contributed by atoms with E-state index in [1.807, 2.05) is 31.2 Å². The summed E-state index contributed by atoms with van der Waals surface area (Å²) in [4.78, 5) is 14.0. The minimum atomic E-state index is -3.70. The molecule has 1 N–H and O–H groups in total. The van der Waals surface area contributed by atoms with Crippen LogP contribution in [0.5, 0.6) is 5.75 Å². The average molecular weight is 388 g/mol. The van der Waals surface area contributed by atoms with Crippen LogP contribution in [0.2, 0.25) is 0 Å². The summed E-state index contributed by atoms with van der Waals surface area (Å²) in [5.74, 6) is 0.163. The van der Waals surface area contributed by atoms with Crippen molar-refractivity contribution in [1.29, 1.82) is 0 Å². The first-order valence-electron chi connectivity index (χ1n) is 8.86. The van der Waals surface area contributed by atoms with Gasteiger partial charge in [-0.1, -0.05) is 12.1 Å². The Labute approximate surface area is 156 Å². The summed E-state index contributed by atoms with van der Waals surface area (Å²) < 4.78 is 38.4. The van der Waals surface area contributed by atoms with Gasteiger partial charge >= 0.3 is 5.76 Å². The molecule has 4 rings (SSSR count). The fourth-order valence-electron chi connectivity index (χ4n) is 3.54. The van der Waals surface area contributed by atoms with Crippen LogP contribution in [0.1, 0.15) is 31.4 Å². The predicted molar refractivity (Wildman–Crippen MR) is 100 cm³/mol. The molecule has 1 aromatic heterocycles. The van der Waals surface area contributed by atoms with Crippen LogP contribution in [0, 0.1) is 0 Å². The molecule has 2 aromatic carbocycles. The van der Waals surface area contributed by atoms with Crippen LogP contribution < -0.4 is 10.5 Å². The second kappa shape index (κ2) is 6.86. The van der Waals surface area contributed by atoms with E-state index in [4.69, 9.17) is 9.15 Å². The van der Waals surface area contributed by atoms with Gasteiger partial charge in [-0.15, -0.1) is 0 Å². The van der Waals surface area contributed by atoms with E-state index < -0.39 is 15.8 Å². The van der Waals surface area contributed by atoms with Crippen molar-refractivity contribution in [2.75, 3.05) is 13.2 Å². The van der Waals surface area contributed by atoms with Gasteiger partial charge in [-0.2, -0.15) is 4.31 Å². The van der Waals surface area contributed by atoms with Gasteiger partial charge in [0.2, 0.25) is 10.0 Å². The highest BCUT2D eigenvalue weighted by Gasteiger charge is 2.36. The van der Waals surface area contributed by atoms with Crippen LogP contribution in [0.15, 0.2) is 56.6 Å². The number of aromatic nitrogens is 1. The first-order chi connectivity index (χ1) is 13.0. The van der Waals surface area contributed by atoms with Gasteiger partial charge in [-0.25, -0.2) is 13.2 Å². The minimum Gasteiger partial charge on any atom is -0.494 e. The van der Waals surface area contributed by atoms with Gasteiger partial charge in [0.25, 0.3) is 0 Å². The quantitative estimate of drug-likeness (QED) is 0.725. The van der Waals surface area contributed by atoms with E-state index in [-0.39, 0.29) is 10.9 Å². The van der Waals surface area contributed by atoms with E-state index in [0.29, 0.717) is 24.3 Å². The molecule has 1 atom stereocenters. The number of benzene rings is 2. The Kier molecular flexibility index (Phi) is 4.53. The lowest BCUT2D eigenvalue weighted by Crippen LogP contribution is -2.30. The van der Waals surface area contributed by atoms with Crippen molar-refractivity contribution >= 4 is 21.1 Å². The number of ether oxygens (including phenoxy) is 1. The van der Waals surface area contributed by atoms with Crippen LogP contribution in [0.25, 0.3) is 11.1 Å². The molecule has 2 heterocycles. The number of rotatable bonds is 5. The third-order valence-corrected chi connectivity index (χ3v) is 6.68. The summed E-state index contributed by atoms with van der Waals surface area (Å²) >= 11 is 0. The summed E-state index contributed by atoms with van der Waals surface area (Å²) in [5, 5.41) is 0. The topological polar surface area (TPSA) is 92.6 Å². The van der Waals surface area contributed by atoms with Crippen molar-refractivity contribution in [2.24, 2.45) is 0 Å². The molecule has 27 heavy (non-hydrogen) atoms. The van der Waals surface area contributed by atoms with Crippen molar-refractivity contribution in [3.8, 4) is 5.75 Å². The standard InChI is InChI=1S/C19H20N2O5S/c1-2-25-14-7-5-13(6-8-14)17-4-3-11-21(17)27(23,24)15-9-10-18-16(12-15)20-19(22)26-18/h5-10,12,17H,2-4,11H2,1H3,(H,20,22). The minimum absolute atomic E-state index is 0.143. The van der Waals surface area contributed by atoms with Gasteiger partial charge < -0.3 is 9.15 Å². The highest BCUT2D eigenvalue weighted by Crippen LogP contribution is 2.37. The highest BCUT2D eigenvalue weighted by atomic mass is 32.2. The summed E-state index contributed by atoms with van der Waals surface area (Å²) in [7, 11) is -3.70. The monoisotopic (exact) mass is 388 g/mol. The number of nitrogens with one attached hydrogen (secondary N) is 1. The molecule has 1 fully saturated rings. The van der Waals surface area contributed by atoms with Gasteiger partial charge in [0.15, 0.2) is 5.58 Å². The summed E-state index contributed by atoms with van der Waals surface area (Å²) in [6.07, 6.45) is 1.56. The van der Waals surface area contributed by atoms with Gasteiger partial charge in [0.05, 0.1) is 23.1 Å². The van der Waals surface area contributed by atoms with E-state index in [0.717, 1.165) is 24.2 Å². The summed E-state index contributed by atoms with van der Waals surface area (Å²) in [5.41, 5.74) is 1.65. The van der Waals surface area contributed by atoms with Gasteiger partial charge in [0.1, 0.15) is 5.75 Å². The Balaban J connectivity index is 1.67. The lowest BCUT2D eigenvalue weighted by Gasteiger charge is -2.24. The maximum Gasteiger partial charge on any atom is 0.417 e. The third kappa shape index (κ3) is 3.26. The zero-order valence-corrected chi connectivity index (χ0v) is 15.7. The molecule has 0 saturated carbocycles. The first kappa shape index (κ1) is 17.8. The Bertz CT molecular complexity index is 1110. The molecule has 0 amide bonds. The smallest absolute Gasteiger partial charge is 0.417 e. The zero-order chi connectivity index (χ0) is 19.0. The lowest BCUT2D eigenvalue weighted by atomic mass is 10.1. The van der Waals surface area contributed by atoms with Crippen LogP contribution >= 0.6 is 0 Å². The number of sulfonamides is 1. The highest BCUT2D eigenvalue weighted by molar-refractivity contribution is 7.89. The third-order valence-electron chi connectivity index (χ3n) is 4.78. The Hall–Kier alpha value is -2.58. The van der Waals surface area contributed by atoms with E-state index >= 15 is 0 Å². The molecule has 0 bridgehead atoms. The van der Waals surface area contributed by atoms with Crippen molar-refractivity contribution in [3.63, 3.8) is 0 Å². The van der Waals surface area contributed by atoms with E-state index in [2.05, 4.69) is 4.98 Å². The summed E-state index contributed by atoms with van der Waals surface area (Å²) in [6, 6.07) is 11.8. The fraction of sp³-hybridized carbons (Fsp3) is 0.316. The van der Waals surface area contributed by atoms with Gasteiger partial charge in [-0.3, -0.25) is 4.98 Å². The second-order valence-corrected chi connectivity index (χ2v) is 8.34. The van der Waals surface area contributed by atoms with Crippen LogP contribution in [0.3, 0.4) is 0 Å². The number of H-pyrrole nitrogens is 1. The molecule has 142 valence electrons. The number of oxazole rings is 1. The molecular formula is C19H20N2O5S. The van der Waals surface area contributed by atoms with E-state index in [1.54, 1.807) is 0 Å².